The van der Waals surface area contributed by atoms with E-state index < -0.39 is 0 Å². The van der Waals surface area contributed by atoms with E-state index in [4.69, 9.17) is 0 Å². The van der Waals surface area contributed by atoms with E-state index in [-0.39, 0.29) is 6.04 Å². The predicted molar refractivity (Wildman–Crippen MR) is 72.3 cm³/mol. The third-order valence-electron chi connectivity index (χ3n) is 3.04. The number of rotatable bonds is 5. The first-order valence-corrected chi connectivity index (χ1v) is 6.32. The Hall–Kier alpha value is -1.68. The van der Waals surface area contributed by atoms with Gasteiger partial charge in [0.15, 0.2) is 0 Å². The summed E-state index contributed by atoms with van der Waals surface area (Å²) in [6.45, 7) is 7.31. The number of hydrogen-bond acceptors (Lipinski definition) is 3. The maximum atomic E-state index is 4.25. The van der Waals surface area contributed by atoms with Crippen LogP contribution in [0.15, 0.2) is 37.1 Å². The monoisotopic (exact) mass is 244 g/mol. The highest BCUT2D eigenvalue weighted by atomic mass is 15.1. The Bertz CT molecular complexity index is 476. The van der Waals surface area contributed by atoms with Gasteiger partial charge in [0.25, 0.3) is 0 Å². The molecule has 0 aliphatic heterocycles. The van der Waals surface area contributed by atoms with Gasteiger partial charge < -0.3 is 9.88 Å². The standard InChI is InChI=1S/C14H20N4/c1-11(2)17-9-14-8-16-10-18(14)12(3)13-4-6-15-7-5-13/h4-8,10-12,17H,9H2,1-3H3. The van der Waals surface area contributed by atoms with Gasteiger partial charge in [-0.05, 0) is 24.6 Å². The fourth-order valence-corrected chi connectivity index (χ4v) is 1.93. The predicted octanol–water partition coefficient (Wildman–Crippen LogP) is 2.39. The molecule has 2 aromatic heterocycles. The van der Waals surface area contributed by atoms with Crippen LogP contribution in [-0.4, -0.2) is 20.6 Å². The van der Waals surface area contributed by atoms with Crippen LogP contribution in [0.1, 0.15) is 38.1 Å². The van der Waals surface area contributed by atoms with Crippen LogP contribution in [0.2, 0.25) is 0 Å². The number of nitrogens with one attached hydrogen (secondary N) is 1. The summed E-state index contributed by atoms with van der Waals surface area (Å²) in [7, 11) is 0. The largest absolute Gasteiger partial charge is 0.326 e. The molecule has 2 rings (SSSR count). The number of nitrogens with zero attached hydrogens (tertiary/aromatic N) is 3. The van der Waals surface area contributed by atoms with E-state index in [2.05, 4.69) is 40.6 Å². The number of hydrogen-bond donors (Lipinski definition) is 1. The molecule has 1 unspecified atom stereocenters. The number of aromatic nitrogens is 3. The SMILES string of the molecule is CC(C)NCc1cncn1C(C)c1ccncc1. The summed E-state index contributed by atoms with van der Waals surface area (Å²) >= 11 is 0. The van der Waals surface area contributed by atoms with E-state index in [1.165, 1.54) is 11.3 Å². The molecule has 0 aliphatic rings. The quantitative estimate of drug-likeness (QED) is 0.878. The number of pyridine rings is 1. The van der Waals surface area contributed by atoms with Gasteiger partial charge in [-0.25, -0.2) is 4.98 Å². The molecule has 0 amide bonds. The highest BCUT2D eigenvalue weighted by molar-refractivity contribution is 5.17. The summed E-state index contributed by atoms with van der Waals surface area (Å²) in [6.07, 6.45) is 7.47. The van der Waals surface area contributed by atoms with Gasteiger partial charge in [0.2, 0.25) is 0 Å². The lowest BCUT2D eigenvalue weighted by atomic mass is 10.1. The Morgan fingerprint density at radius 3 is 2.56 bits per heavy atom. The van der Waals surface area contributed by atoms with Crippen molar-refractivity contribution in [3.63, 3.8) is 0 Å². The van der Waals surface area contributed by atoms with Crippen molar-refractivity contribution in [1.29, 1.82) is 0 Å². The second kappa shape index (κ2) is 5.78. The first kappa shape index (κ1) is 12.8. The Labute approximate surface area is 108 Å². The fraction of sp³-hybridized carbons (Fsp3) is 0.429. The van der Waals surface area contributed by atoms with E-state index in [1.54, 1.807) is 0 Å². The molecule has 4 heteroatoms. The van der Waals surface area contributed by atoms with Crippen molar-refractivity contribution in [2.45, 2.75) is 39.4 Å². The molecule has 2 heterocycles. The van der Waals surface area contributed by atoms with Gasteiger partial charge in [-0.1, -0.05) is 13.8 Å². The van der Waals surface area contributed by atoms with Crippen LogP contribution in [0, 0.1) is 0 Å². The Kier molecular flexibility index (Phi) is 4.10. The third-order valence-corrected chi connectivity index (χ3v) is 3.04. The molecule has 1 atom stereocenters. The van der Waals surface area contributed by atoms with Crippen LogP contribution in [0.5, 0.6) is 0 Å². The van der Waals surface area contributed by atoms with Gasteiger partial charge in [0.1, 0.15) is 0 Å². The zero-order valence-electron chi connectivity index (χ0n) is 11.2. The van der Waals surface area contributed by atoms with Gasteiger partial charge in [0.05, 0.1) is 18.1 Å². The van der Waals surface area contributed by atoms with Crippen molar-refractivity contribution < 1.29 is 0 Å². The molecule has 0 saturated carbocycles. The Morgan fingerprint density at radius 1 is 1.17 bits per heavy atom. The van der Waals surface area contributed by atoms with E-state index in [1.807, 2.05) is 37.1 Å². The summed E-state index contributed by atoms with van der Waals surface area (Å²) in [5, 5.41) is 3.42. The summed E-state index contributed by atoms with van der Waals surface area (Å²) in [6, 6.07) is 4.85. The molecule has 0 bridgehead atoms. The average molecular weight is 244 g/mol. The van der Waals surface area contributed by atoms with Crippen LogP contribution < -0.4 is 5.32 Å². The molecule has 0 aliphatic carbocycles. The Balaban J connectivity index is 2.16. The first-order valence-electron chi connectivity index (χ1n) is 6.32. The third kappa shape index (κ3) is 2.96. The maximum Gasteiger partial charge on any atom is 0.0954 e. The van der Waals surface area contributed by atoms with E-state index in [0.29, 0.717) is 6.04 Å². The normalized spacial score (nSPS) is 12.9. The average Bonchev–Trinajstić information content (AvgIpc) is 2.85. The topological polar surface area (TPSA) is 42.7 Å². The molecule has 0 fully saturated rings. The van der Waals surface area contributed by atoms with E-state index in [0.717, 1.165) is 6.54 Å². The molecule has 18 heavy (non-hydrogen) atoms. The van der Waals surface area contributed by atoms with Gasteiger partial charge in [-0.3, -0.25) is 4.98 Å². The summed E-state index contributed by atoms with van der Waals surface area (Å²) < 4.78 is 2.20. The summed E-state index contributed by atoms with van der Waals surface area (Å²) in [5.41, 5.74) is 2.45. The van der Waals surface area contributed by atoms with Crippen molar-refractivity contribution in [3.8, 4) is 0 Å². The maximum absolute atomic E-state index is 4.25. The van der Waals surface area contributed by atoms with Crippen LogP contribution in [-0.2, 0) is 6.54 Å². The molecule has 0 spiro atoms. The molecule has 0 saturated heterocycles. The molecule has 2 aromatic rings. The summed E-state index contributed by atoms with van der Waals surface area (Å²) in [4.78, 5) is 8.31. The minimum Gasteiger partial charge on any atom is -0.326 e. The lowest BCUT2D eigenvalue weighted by Gasteiger charge is -2.17. The second-order valence-corrected chi connectivity index (χ2v) is 4.78. The minimum atomic E-state index is 0.277. The molecule has 96 valence electrons. The molecular formula is C14H20N4. The van der Waals surface area contributed by atoms with Crippen LogP contribution in [0.25, 0.3) is 0 Å². The smallest absolute Gasteiger partial charge is 0.0954 e. The van der Waals surface area contributed by atoms with Crippen LogP contribution in [0.3, 0.4) is 0 Å². The zero-order valence-corrected chi connectivity index (χ0v) is 11.2. The van der Waals surface area contributed by atoms with Crippen molar-refractivity contribution >= 4 is 0 Å². The molecular weight excluding hydrogens is 224 g/mol. The molecule has 4 nitrogen and oxygen atoms in total. The lowest BCUT2D eigenvalue weighted by molar-refractivity contribution is 0.539. The van der Waals surface area contributed by atoms with Crippen LogP contribution in [0.4, 0.5) is 0 Å². The molecule has 0 aromatic carbocycles. The van der Waals surface area contributed by atoms with Crippen molar-refractivity contribution in [1.82, 2.24) is 19.9 Å². The van der Waals surface area contributed by atoms with E-state index >= 15 is 0 Å². The van der Waals surface area contributed by atoms with Gasteiger partial charge >= 0.3 is 0 Å². The Morgan fingerprint density at radius 2 is 1.89 bits per heavy atom. The van der Waals surface area contributed by atoms with Crippen molar-refractivity contribution in [3.05, 3.63) is 48.3 Å². The fourth-order valence-electron chi connectivity index (χ4n) is 1.93. The minimum absolute atomic E-state index is 0.277. The van der Waals surface area contributed by atoms with Gasteiger partial charge in [-0.15, -0.1) is 0 Å². The van der Waals surface area contributed by atoms with Crippen LogP contribution >= 0.6 is 0 Å². The molecule has 0 radical (unpaired) electrons. The van der Waals surface area contributed by atoms with E-state index in [9.17, 15) is 0 Å². The summed E-state index contributed by atoms with van der Waals surface area (Å²) in [5.74, 6) is 0. The lowest BCUT2D eigenvalue weighted by Crippen LogP contribution is -2.24. The second-order valence-electron chi connectivity index (χ2n) is 4.78. The number of imidazole rings is 1. The van der Waals surface area contributed by atoms with Gasteiger partial charge in [-0.2, -0.15) is 0 Å². The van der Waals surface area contributed by atoms with Gasteiger partial charge in [0, 0.05) is 31.2 Å². The highest BCUT2D eigenvalue weighted by Gasteiger charge is 2.11. The zero-order chi connectivity index (χ0) is 13.0. The highest BCUT2D eigenvalue weighted by Crippen LogP contribution is 2.18. The van der Waals surface area contributed by atoms with Crippen molar-refractivity contribution in [2.24, 2.45) is 0 Å². The molecule has 1 N–H and O–H groups in total. The van der Waals surface area contributed by atoms with Crippen molar-refractivity contribution in [2.75, 3.05) is 0 Å². The first-order chi connectivity index (χ1) is 8.68.